The molecule has 1 saturated carbocycles. The molecule has 2 atom stereocenters. The Hall–Kier alpha value is -2.55. The van der Waals surface area contributed by atoms with E-state index in [1.807, 2.05) is 0 Å². The molecule has 2 aromatic carbocycles. The van der Waals surface area contributed by atoms with Gasteiger partial charge in [0.25, 0.3) is 10.0 Å². The first-order valence-corrected chi connectivity index (χ1v) is 10.7. The fraction of sp³-hybridized carbons (Fsp3) is 0.350. The molecule has 5 nitrogen and oxygen atoms in total. The van der Waals surface area contributed by atoms with E-state index in [0.717, 1.165) is 0 Å². The van der Waals surface area contributed by atoms with Crippen molar-refractivity contribution in [3.8, 4) is 0 Å². The third-order valence-corrected chi connectivity index (χ3v) is 6.37. The van der Waals surface area contributed by atoms with Crippen LogP contribution in [-0.2, 0) is 14.8 Å². The molecule has 0 aromatic heterocycles. The van der Waals surface area contributed by atoms with Crippen LogP contribution in [0.25, 0.3) is 0 Å². The third-order valence-electron chi connectivity index (χ3n) is 4.99. The molecule has 0 heterocycles. The van der Waals surface area contributed by atoms with Crippen LogP contribution in [0.4, 0.5) is 24.5 Å². The number of carbonyl (C=O) groups excluding carboxylic acids is 1. The molecule has 2 aromatic rings. The van der Waals surface area contributed by atoms with E-state index in [0.29, 0.717) is 12.8 Å². The van der Waals surface area contributed by atoms with Gasteiger partial charge >= 0.3 is 6.18 Å². The van der Waals surface area contributed by atoms with E-state index in [9.17, 15) is 26.4 Å². The van der Waals surface area contributed by atoms with Gasteiger partial charge in [-0.25, -0.2) is 8.42 Å². The molecule has 1 aliphatic carbocycles. The first-order valence-electron chi connectivity index (χ1n) is 9.21. The van der Waals surface area contributed by atoms with Crippen molar-refractivity contribution in [2.45, 2.75) is 36.8 Å². The number of nitrogens with one attached hydrogen (secondary N) is 2. The van der Waals surface area contributed by atoms with E-state index < -0.39 is 33.9 Å². The maximum Gasteiger partial charge on any atom is 0.391 e. The lowest BCUT2D eigenvalue weighted by atomic mass is 9.80. The van der Waals surface area contributed by atoms with Gasteiger partial charge in [0.1, 0.15) is 0 Å². The minimum atomic E-state index is -4.32. The highest BCUT2D eigenvalue weighted by Gasteiger charge is 2.43. The third kappa shape index (κ3) is 5.29. The summed E-state index contributed by atoms with van der Waals surface area (Å²) in [5, 5.41) is 2.59. The number of halogens is 3. The van der Waals surface area contributed by atoms with Crippen LogP contribution in [0.2, 0.25) is 0 Å². The first kappa shape index (κ1) is 21.2. The molecule has 2 unspecified atom stereocenters. The summed E-state index contributed by atoms with van der Waals surface area (Å²) in [7, 11) is -3.87. The highest BCUT2D eigenvalue weighted by molar-refractivity contribution is 7.92. The molecular formula is C20H21F3N2O3S. The lowest BCUT2D eigenvalue weighted by molar-refractivity contribution is -0.185. The minimum absolute atomic E-state index is 0.0285. The van der Waals surface area contributed by atoms with Gasteiger partial charge in [0.15, 0.2) is 0 Å². The van der Waals surface area contributed by atoms with Crippen LogP contribution in [-0.4, -0.2) is 20.5 Å². The molecule has 0 spiro atoms. The van der Waals surface area contributed by atoms with Gasteiger partial charge in [-0.15, -0.1) is 0 Å². The Morgan fingerprint density at radius 3 is 2.21 bits per heavy atom. The zero-order chi connectivity index (χ0) is 21.1. The molecule has 2 N–H and O–H groups in total. The lowest BCUT2D eigenvalue weighted by Crippen LogP contribution is -2.34. The molecular weight excluding hydrogens is 405 g/mol. The van der Waals surface area contributed by atoms with E-state index in [4.69, 9.17) is 0 Å². The normalized spacial score (nSPS) is 20.1. The number of hydrogen-bond acceptors (Lipinski definition) is 3. The summed E-state index contributed by atoms with van der Waals surface area (Å²) in [5.74, 6) is -2.79. The summed E-state index contributed by atoms with van der Waals surface area (Å²) >= 11 is 0. The summed E-state index contributed by atoms with van der Waals surface area (Å²) in [6.45, 7) is 0. The Labute approximate surface area is 167 Å². The second-order valence-electron chi connectivity index (χ2n) is 7.06. The minimum Gasteiger partial charge on any atom is -0.324 e. The number of benzene rings is 2. The van der Waals surface area contributed by atoms with Crippen LogP contribution in [0.3, 0.4) is 0 Å². The Bertz CT molecular complexity index is 962. The van der Waals surface area contributed by atoms with Crippen LogP contribution in [0.15, 0.2) is 59.5 Å². The van der Waals surface area contributed by atoms with E-state index in [2.05, 4.69) is 10.0 Å². The molecule has 0 radical (unpaired) electrons. The van der Waals surface area contributed by atoms with E-state index in [1.165, 1.54) is 24.3 Å². The molecule has 0 saturated heterocycles. The standard InChI is InChI=1S/C20H21F3N2O3S/c21-20(22,23)15-8-6-7-14(13-15)19(26)24-17-11-4-5-12-18(17)25-29(27,28)16-9-2-1-3-10-16/h1-5,9-12,14-15,25H,6-8,13H2,(H,24,26). The summed E-state index contributed by atoms with van der Waals surface area (Å²) in [4.78, 5) is 12.6. The van der Waals surface area contributed by atoms with Crippen LogP contribution < -0.4 is 10.0 Å². The number of rotatable bonds is 5. The Morgan fingerprint density at radius 1 is 0.931 bits per heavy atom. The fourth-order valence-corrected chi connectivity index (χ4v) is 4.55. The highest BCUT2D eigenvalue weighted by Crippen LogP contribution is 2.40. The van der Waals surface area contributed by atoms with E-state index in [1.54, 1.807) is 30.3 Å². The zero-order valence-corrected chi connectivity index (χ0v) is 16.3. The summed E-state index contributed by atoms with van der Waals surface area (Å²) in [6.07, 6.45) is -3.85. The number of carbonyl (C=O) groups is 1. The van der Waals surface area contributed by atoms with Crippen molar-refractivity contribution in [3.05, 3.63) is 54.6 Å². The molecule has 3 rings (SSSR count). The Balaban J connectivity index is 1.75. The molecule has 9 heteroatoms. The zero-order valence-electron chi connectivity index (χ0n) is 15.4. The van der Waals surface area contributed by atoms with E-state index in [-0.39, 0.29) is 29.1 Å². The van der Waals surface area contributed by atoms with Crippen molar-refractivity contribution in [1.29, 1.82) is 0 Å². The van der Waals surface area contributed by atoms with Crippen molar-refractivity contribution in [1.82, 2.24) is 0 Å². The van der Waals surface area contributed by atoms with Gasteiger partial charge in [-0.05, 0) is 43.5 Å². The van der Waals surface area contributed by atoms with Crippen molar-refractivity contribution in [2.75, 3.05) is 10.0 Å². The van der Waals surface area contributed by atoms with Gasteiger partial charge < -0.3 is 5.32 Å². The van der Waals surface area contributed by atoms with Crippen LogP contribution in [0, 0.1) is 11.8 Å². The Morgan fingerprint density at radius 2 is 1.55 bits per heavy atom. The van der Waals surface area contributed by atoms with Gasteiger partial charge in [0, 0.05) is 5.92 Å². The fourth-order valence-electron chi connectivity index (χ4n) is 3.44. The quantitative estimate of drug-likeness (QED) is 0.722. The number of amides is 1. The van der Waals surface area contributed by atoms with Gasteiger partial charge in [-0.1, -0.05) is 36.8 Å². The number of anilines is 2. The molecule has 156 valence electrons. The predicted molar refractivity (Wildman–Crippen MR) is 104 cm³/mol. The topological polar surface area (TPSA) is 75.3 Å². The van der Waals surface area contributed by atoms with Gasteiger partial charge in [-0.3, -0.25) is 9.52 Å². The number of hydrogen-bond donors (Lipinski definition) is 2. The Kier molecular flexibility index (Phi) is 6.16. The van der Waals surface area contributed by atoms with Crippen molar-refractivity contribution >= 4 is 27.3 Å². The van der Waals surface area contributed by atoms with Gasteiger partial charge in [0.2, 0.25) is 5.91 Å². The maximum absolute atomic E-state index is 13.0. The largest absolute Gasteiger partial charge is 0.391 e. The maximum atomic E-state index is 13.0. The average molecular weight is 426 g/mol. The van der Waals surface area contributed by atoms with Gasteiger partial charge in [0.05, 0.1) is 22.2 Å². The van der Waals surface area contributed by atoms with Crippen LogP contribution in [0.1, 0.15) is 25.7 Å². The van der Waals surface area contributed by atoms with Crippen LogP contribution in [0.5, 0.6) is 0 Å². The molecule has 0 aliphatic heterocycles. The van der Waals surface area contributed by atoms with Crippen molar-refractivity contribution in [2.24, 2.45) is 11.8 Å². The smallest absolute Gasteiger partial charge is 0.324 e. The van der Waals surface area contributed by atoms with Crippen LogP contribution >= 0.6 is 0 Å². The second kappa shape index (κ2) is 8.44. The molecule has 29 heavy (non-hydrogen) atoms. The SMILES string of the molecule is O=C(Nc1ccccc1NS(=O)(=O)c1ccccc1)C1CCCC(C(F)(F)F)C1. The number of sulfonamides is 1. The monoisotopic (exact) mass is 426 g/mol. The molecule has 1 fully saturated rings. The summed E-state index contributed by atoms with van der Waals surface area (Å²) in [6, 6.07) is 13.9. The summed E-state index contributed by atoms with van der Waals surface area (Å²) in [5.41, 5.74) is 0.346. The van der Waals surface area contributed by atoms with Crippen molar-refractivity contribution in [3.63, 3.8) is 0 Å². The number of alkyl halides is 3. The molecule has 0 bridgehead atoms. The lowest BCUT2D eigenvalue weighted by Gasteiger charge is -2.29. The molecule has 1 aliphatic rings. The van der Waals surface area contributed by atoms with Crippen molar-refractivity contribution < 1.29 is 26.4 Å². The van der Waals surface area contributed by atoms with E-state index >= 15 is 0 Å². The average Bonchev–Trinajstić information content (AvgIpc) is 2.69. The second-order valence-corrected chi connectivity index (χ2v) is 8.74. The van der Waals surface area contributed by atoms with Gasteiger partial charge in [-0.2, -0.15) is 13.2 Å². The highest BCUT2D eigenvalue weighted by atomic mass is 32.2. The number of para-hydroxylation sites is 2. The molecule has 1 amide bonds. The first-order chi connectivity index (χ1) is 13.7. The summed E-state index contributed by atoms with van der Waals surface area (Å²) < 4.78 is 66.5. The predicted octanol–water partition coefficient (Wildman–Crippen LogP) is 4.79.